The van der Waals surface area contributed by atoms with E-state index in [-0.39, 0.29) is 40.0 Å². The number of phenolic OH excluding ortho intramolecular Hbond substituents is 1. The van der Waals surface area contributed by atoms with Crippen LogP contribution in [0.1, 0.15) is 63.0 Å². The number of halogens is 1. The number of Topliss-reactive ketones (excluding diaryl/α,β-unsaturated/α-hetero) is 1. The molecule has 0 aromatic heterocycles. The summed E-state index contributed by atoms with van der Waals surface area (Å²) in [6, 6.07) is 3.48. The molecule has 0 amide bonds. The topological polar surface area (TPSA) is 103 Å². The first-order valence-corrected chi connectivity index (χ1v) is 9.98. The maximum atomic E-state index is 12.8. The van der Waals surface area contributed by atoms with E-state index in [1.807, 2.05) is 41.5 Å². The number of rotatable bonds is 4. The molecule has 2 rings (SSSR count). The van der Waals surface area contributed by atoms with Crippen LogP contribution >= 0.6 is 11.6 Å². The van der Waals surface area contributed by atoms with Crippen LogP contribution in [0.5, 0.6) is 5.75 Å². The van der Waals surface area contributed by atoms with Crippen LogP contribution in [0.2, 0.25) is 0 Å². The summed E-state index contributed by atoms with van der Waals surface area (Å²) < 4.78 is 0. The van der Waals surface area contributed by atoms with E-state index in [2.05, 4.69) is 22.2 Å². The molecule has 1 aliphatic rings. The minimum Gasteiger partial charge on any atom is -0.507 e. The van der Waals surface area contributed by atoms with Crippen molar-refractivity contribution in [1.29, 1.82) is 0 Å². The van der Waals surface area contributed by atoms with Gasteiger partial charge in [0.2, 0.25) is 5.96 Å². The van der Waals surface area contributed by atoms with Gasteiger partial charge in [0, 0.05) is 16.7 Å². The molecule has 0 radical (unpaired) electrons. The standard InChI is InChI=1S/C22H30ClN5O2/c1-13-8-9-18(23)27-28(13)20(24)26-25-12-17(29)14-10-15(21(2,3)4)19(30)16(11-14)22(5,6)7/h8-11,25,30H,1,12H2,2-7H3,(H2,24,26). The molecular formula is C22H30ClN5O2. The average Bonchev–Trinajstić information content (AvgIpc) is 2.61. The van der Waals surface area contributed by atoms with Crippen molar-refractivity contribution in [3.8, 4) is 5.75 Å². The van der Waals surface area contributed by atoms with Gasteiger partial charge in [0.25, 0.3) is 0 Å². The number of ketones is 1. The molecule has 0 spiro atoms. The lowest BCUT2D eigenvalue weighted by Gasteiger charge is -2.28. The zero-order valence-electron chi connectivity index (χ0n) is 18.4. The summed E-state index contributed by atoms with van der Waals surface area (Å²) in [5.74, 6) is 0.0568. The van der Waals surface area contributed by atoms with Crippen molar-refractivity contribution in [2.24, 2.45) is 15.9 Å². The number of hydrazone groups is 2. The Morgan fingerprint density at radius 3 is 2.23 bits per heavy atom. The lowest BCUT2D eigenvalue weighted by Crippen LogP contribution is -2.36. The zero-order valence-corrected chi connectivity index (χ0v) is 19.1. The Balaban J connectivity index is 2.25. The van der Waals surface area contributed by atoms with Crippen molar-refractivity contribution in [2.75, 3.05) is 6.54 Å². The Kier molecular flexibility index (Phi) is 6.67. The Hall–Kier alpha value is -2.80. The maximum absolute atomic E-state index is 12.8. The summed E-state index contributed by atoms with van der Waals surface area (Å²) in [5.41, 5.74) is 10.4. The number of guanidine groups is 1. The van der Waals surface area contributed by atoms with E-state index in [4.69, 9.17) is 17.3 Å². The van der Waals surface area contributed by atoms with Gasteiger partial charge in [-0.25, -0.2) is 0 Å². The van der Waals surface area contributed by atoms with E-state index in [0.717, 1.165) is 11.1 Å². The van der Waals surface area contributed by atoms with Crippen LogP contribution in [0.4, 0.5) is 0 Å². The largest absolute Gasteiger partial charge is 0.507 e. The first-order valence-electron chi connectivity index (χ1n) is 9.60. The summed E-state index contributed by atoms with van der Waals surface area (Å²) in [7, 11) is 0. The highest BCUT2D eigenvalue weighted by Crippen LogP contribution is 2.39. The summed E-state index contributed by atoms with van der Waals surface area (Å²) in [6.45, 7) is 15.7. The van der Waals surface area contributed by atoms with Crippen molar-refractivity contribution in [1.82, 2.24) is 10.4 Å². The van der Waals surface area contributed by atoms with Crippen LogP contribution < -0.4 is 11.2 Å². The Morgan fingerprint density at radius 2 is 1.73 bits per heavy atom. The predicted octanol–water partition coefficient (Wildman–Crippen LogP) is 3.93. The van der Waals surface area contributed by atoms with E-state index < -0.39 is 0 Å². The SMILES string of the molecule is C=C1C=CC(Cl)=NN1/C(N)=N\NCC(=O)c1cc(C(C)(C)C)c(O)c(C(C)(C)C)c1. The van der Waals surface area contributed by atoms with E-state index in [9.17, 15) is 9.90 Å². The van der Waals surface area contributed by atoms with Crippen LogP contribution in [0, 0.1) is 0 Å². The molecule has 4 N–H and O–H groups in total. The number of phenols is 1. The van der Waals surface area contributed by atoms with Crippen LogP contribution in [0.3, 0.4) is 0 Å². The van der Waals surface area contributed by atoms with E-state index >= 15 is 0 Å². The fourth-order valence-corrected chi connectivity index (χ4v) is 3.05. The van der Waals surface area contributed by atoms with Crippen molar-refractivity contribution < 1.29 is 9.90 Å². The maximum Gasteiger partial charge on any atom is 0.239 e. The third-order valence-electron chi connectivity index (χ3n) is 4.58. The van der Waals surface area contributed by atoms with Crippen molar-refractivity contribution in [3.05, 3.63) is 53.3 Å². The molecule has 1 aliphatic heterocycles. The summed E-state index contributed by atoms with van der Waals surface area (Å²) in [5, 5.41) is 20.3. The molecule has 0 saturated heterocycles. The van der Waals surface area contributed by atoms with Crippen LogP contribution in [0.25, 0.3) is 0 Å². The Bertz CT molecular complexity index is 914. The highest BCUT2D eigenvalue weighted by molar-refractivity contribution is 6.68. The first kappa shape index (κ1) is 23.5. The molecule has 7 nitrogen and oxygen atoms in total. The lowest BCUT2D eigenvalue weighted by atomic mass is 9.78. The van der Waals surface area contributed by atoms with Gasteiger partial charge in [0.05, 0.1) is 12.2 Å². The molecule has 0 aliphatic carbocycles. The second kappa shape index (κ2) is 8.52. The van der Waals surface area contributed by atoms with Gasteiger partial charge in [-0.1, -0.05) is 59.7 Å². The third-order valence-corrected chi connectivity index (χ3v) is 4.78. The second-order valence-electron chi connectivity index (χ2n) is 9.21. The molecule has 0 fully saturated rings. The molecule has 0 bridgehead atoms. The number of nitrogens with one attached hydrogen (secondary N) is 1. The molecule has 1 aromatic carbocycles. The molecule has 30 heavy (non-hydrogen) atoms. The fraction of sp³-hybridized carbons (Fsp3) is 0.409. The third kappa shape index (κ3) is 5.42. The minimum atomic E-state index is -0.324. The van der Waals surface area contributed by atoms with Crippen LogP contribution in [-0.2, 0) is 10.8 Å². The predicted molar refractivity (Wildman–Crippen MR) is 123 cm³/mol. The number of aromatic hydroxyl groups is 1. The number of nitrogens with two attached hydrogens (primary N) is 1. The molecule has 1 heterocycles. The number of carbonyl (C=O) groups excluding carboxylic acids is 1. The smallest absolute Gasteiger partial charge is 0.239 e. The first-order chi connectivity index (χ1) is 13.7. The highest BCUT2D eigenvalue weighted by atomic mass is 35.5. The van der Waals surface area contributed by atoms with Crippen molar-refractivity contribution >= 4 is 28.5 Å². The van der Waals surface area contributed by atoms with Crippen LogP contribution in [0.15, 0.2) is 46.8 Å². The van der Waals surface area contributed by atoms with Gasteiger partial charge in [0.15, 0.2) is 5.78 Å². The van der Waals surface area contributed by atoms with Crippen LogP contribution in [-0.4, -0.2) is 33.6 Å². The van der Waals surface area contributed by atoms with Gasteiger partial charge in [-0.05, 0) is 35.1 Å². The second-order valence-corrected chi connectivity index (χ2v) is 9.59. The van der Waals surface area contributed by atoms with E-state index in [1.165, 1.54) is 5.01 Å². The summed E-state index contributed by atoms with van der Waals surface area (Å²) in [6.07, 6.45) is 3.25. The Labute approximate surface area is 183 Å². The van der Waals surface area contributed by atoms with Gasteiger partial charge < -0.3 is 10.8 Å². The number of allylic oxidation sites excluding steroid dienone is 2. The van der Waals surface area contributed by atoms with Gasteiger partial charge >= 0.3 is 0 Å². The Morgan fingerprint density at radius 1 is 1.20 bits per heavy atom. The highest BCUT2D eigenvalue weighted by Gasteiger charge is 2.27. The molecule has 8 heteroatoms. The molecule has 162 valence electrons. The molecular weight excluding hydrogens is 402 g/mol. The molecule has 0 saturated carbocycles. The summed E-state index contributed by atoms with van der Waals surface area (Å²) >= 11 is 5.88. The van der Waals surface area contributed by atoms with E-state index in [0.29, 0.717) is 11.3 Å². The monoisotopic (exact) mass is 431 g/mol. The molecule has 0 atom stereocenters. The fourth-order valence-electron chi connectivity index (χ4n) is 2.91. The van der Waals surface area contributed by atoms with E-state index in [1.54, 1.807) is 24.3 Å². The number of carbonyl (C=O) groups is 1. The van der Waals surface area contributed by atoms with Gasteiger partial charge in [0.1, 0.15) is 10.9 Å². The average molecular weight is 432 g/mol. The zero-order chi connectivity index (χ0) is 22.9. The normalized spacial score (nSPS) is 15.3. The minimum absolute atomic E-state index is 0.00627. The molecule has 0 unspecified atom stereocenters. The number of hydrogen-bond donors (Lipinski definition) is 3. The lowest BCUT2D eigenvalue weighted by molar-refractivity contribution is 0.0991. The van der Waals surface area contributed by atoms with Gasteiger partial charge in [-0.3, -0.25) is 10.2 Å². The van der Waals surface area contributed by atoms with Crippen molar-refractivity contribution in [2.45, 2.75) is 52.4 Å². The number of benzene rings is 1. The van der Waals surface area contributed by atoms with Crippen molar-refractivity contribution in [3.63, 3.8) is 0 Å². The van der Waals surface area contributed by atoms with Gasteiger partial charge in [-0.15, -0.1) is 5.10 Å². The summed E-state index contributed by atoms with van der Waals surface area (Å²) in [4.78, 5) is 12.8. The van der Waals surface area contributed by atoms with Gasteiger partial charge in [-0.2, -0.15) is 10.1 Å². The molecule has 1 aromatic rings. The quantitative estimate of drug-likeness (QED) is 0.290. The number of hydrogen-bond acceptors (Lipinski definition) is 5. The number of nitrogens with zero attached hydrogens (tertiary/aromatic N) is 3.